The maximum atomic E-state index is 13.2. The van der Waals surface area contributed by atoms with Gasteiger partial charge in [-0.2, -0.15) is 4.39 Å². The number of Topliss-reactive ketones (excluding diaryl/α,β-unsaturated/α-hetero) is 1. The maximum absolute atomic E-state index is 13.2. The first-order valence-corrected chi connectivity index (χ1v) is 4.88. The maximum Gasteiger partial charge on any atom is 0.207 e. The number of alkyl halides is 1. The van der Waals surface area contributed by atoms with E-state index < -0.39 is 11.6 Å². The molecule has 0 fully saturated rings. The molecular weight excluding hydrogens is 255 g/mol. The van der Waals surface area contributed by atoms with Crippen LogP contribution in [0.15, 0.2) is 12.1 Å². The van der Waals surface area contributed by atoms with E-state index in [0.29, 0.717) is 0 Å². The molecule has 0 radical (unpaired) electrons. The molecule has 0 atom stereocenters. The van der Waals surface area contributed by atoms with E-state index in [4.69, 9.17) is 0 Å². The van der Waals surface area contributed by atoms with Crippen LogP contribution in [0.2, 0.25) is 0 Å². The van der Waals surface area contributed by atoms with E-state index in [9.17, 15) is 14.3 Å². The Kier molecular flexibility index (Phi) is 3.46. The molecule has 0 amide bonds. The van der Waals surface area contributed by atoms with Crippen molar-refractivity contribution in [3.05, 3.63) is 23.5 Å². The van der Waals surface area contributed by atoms with Gasteiger partial charge in [0.2, 0.25) is 5.82 Å². The molecule has 0 spiro atoms. The largest absolute Gasteiger partial charge is 0.504 e. The van der Waals surface area contributed by atoms with Gasteiger partial charge in [-0.25, -0.2) is 0 Å². The Morgan fingerprint density at radius 3 is 2.79 bits per heavy atom. The van der Waals surface area contributed by atoms with Gasteiger partial charge in [0.05, 0.1) is 18.0 Å². The molecule has 0 unspecified atom stereocenters. The quantitative estimate of drug-likeness (QED) is 0.671. The van der Waals surface area contributed by atoms with Gasteiger partial charge in [0.1, 0.15) is 0 Å². The fourth-order valence-corrected chi connectivity index (χ4v) is 1.30. The molecule has 0 bridgehead atoms. The molecule has 0 saturated carbocycles. The van der Waals surface area contributed by atoms with Crippen LogP contribution in [0.25, 0.3) is 0 Å². The zero-order chi connectivity index (χ0) is 10.7. The summed E-state index contributed by atoms with van der Waals surface area (Å²) in [7, 11) is 1.28. The van der Waals surface area contributed by atoms with E-state index in [0.717, 1.165) is 0 Å². The molecule has 1 aromatic rings. The topological polar surface area (TPSA) is 46.5 Å². The second kappa shape index (κ2) is 4.41. The molecule has 3 nitrogen and oxygen atoms in total. The lowest BCUT2D eigenvalue weighted by molar-refractivity contribution is 0.102. The summed E-state index contributed by atoms with van der Waals surface area (Å²) in [5, 5.41) is 9.35. The standard InChI is InChI=1S/C9H8BrFO3/c1-14-7-3-2-5(6(12)4-10)9(13)8(7)11/h2-3,13H,4H2,1H3. The van der Waals surface area contributed by atoms with Crippen LogP contribution >= 0.6 is 15.9 Å². The highest BCUT2D eigenvalue weighted by atomic mass is 79.9. The van der Waals surface area contributed by atoms with Crippen molar-refractivity contribution in [2.24, 2.45) is 0 Å². The highest BCUT2D eigenvalue weighted by Crippen LogP contribution is 2.29. The fraction of sp³-hybridized carbons (Fsp3) is 0.222. The zero-order valence-electron chi connectivity index (χ0n) is 7.38. The Balaban J connectivity index is 3.24. The average molecular weight is 263 g/mol. The third-order valence-electron chi connectivity index (χ3n) is 1.72. The molecule has 1 N–H and O–H groups in total. The Labute approximate surface area is 88.6 Å². The first kappa shape index (κ1) is 11.0. The second-order valence-electron chi connectivity index (χ2n) is 2.53. The number of methoxy groups -OCH3 is 1. The Hall–Kier alpha value is -1.10. The smallest absolute Gasteiger partial charge is 0.207 e. The van der Waals surface area contributed by atoms with E-state index in [1.807, 2.05) is 0 Å². The Morgan fingerprint density at radius 1 is 1.64 bits per heavy atom. The van der Waals surface area contributed by atoms with Crippen LogP contribution in [0.3, 0.4) is 0 Å². The predicted octanol–water partition coefficient (Wildman–Crippen LogP) is 2.12. The number of rotatable bonds is 3. The molecule has 0 saturated heterocycles. The minimum absolute atomic E-state index is 0.0341. The normalized spacial score (nSPS) is 9.93. The van der Waals surface area contributed by atoms with Gasteiger partial charge >= 0.3 is 0 Å². The molecule has 1 aromatic carbocycles. The monoisotopic (exact) mass is 262 g/mol. The van der Waals surface area contributed by atoms with Gasteiger partial charge in [0.25, 0.3) is 0 Å². The van der Waals surface area contributed by atoms with E-state index in [1.165, 1.54) is 19.2 Å². The summed E-state index contributed by atoms with van der Waals surface area (Å²) in [5.74, 6) is -2.06. The van der Waals surface area contributed by atoms with Crippen LogP contribution in [-0.4, -0.2) is 23.3 Å². The van der Waals surface area contributed by atoms with Crippen molar-refractivity contribution in [1.82, 2.24) is 0 Å². The minimum atomic E-state index is -0.917. The van der Waals surface area contributed by atoms with Crippen LogP contribution in [-0.2, 0) is 0 Å². The lowest BCUT2D eigenvalue weighted by Crippen LogP contribution is -2.02. The van der Waals surface area contributed by atoms with Crippen LogP contribution in [0, 0.1) is 5.82 Å². The molecule has 0 aliphatic rings. The highest BCUT2D eigenvalue weighted by Gasteiger charge is 2.17. The van der Waals surface area contributed by atoms with Gasteiger partial charge in [-0.3, -0.25) is 4.79 Å². The number of benzene rings is 1. The van der Waals surface area contributed by atoms with Crippen LogP contribution in [0.5, 0.6) is 11.5 Å². The summed E-state index contributed by atoms with van der Waals surface area (Å²) in [6.45, 7) is 0. The second-order valence-corrected chi connectivity index (χ2v) is 3.10. The van der Waals surface area contributed by atoms with Crippen molar-refractivity contribution < 1.29 is 19.0 Å². The molecule has 0 aromatic heterocycles. The zero-order valence-corrected chi connectivity index (χ0v) is 8.97. The number of halogens is 2. The van der Waals surface area contributed by atoms with Crippen molar-refractivity contribution in [2.75, 3.05) is 12.4 Å². The third-order valence-corrected chi connectivity index (χ3v) is 2.23. The highest BCUT2D eigenvalue weighted by molar-refractivity contribution is 9.09. The Morgan fingerprint density at radius 2 is 2.29 bits per heavy atom. The van der Waals surface area contributed by atoms with E-state index in [1.54, 1.807) is 0 Å². The lowest BCUT2D eigenvalue weighted by atomic mass is 10.1. The first-order chi connectivity index (χ1) is 6.61. The SMILES string of the molecule is COc1ccc(C(=O)CBr)c(O)c1F. The van der Waals surface area contributed by atoms with Crippen molar-refractivity contribution in [3.63, 3.8) is 0 Å². The molecule has 1 rings (SSSR count). The molecule has 0 aliphatic carbocycles. The van der Waals surface area contributed by atoms with E-state index in [2.05, 4.69) is 20.7 Å². The van der Waals surface area contributed by atoms with Crippen molar-refractivity contribution in [1.29, 1.82) is 0 Å². The number of hydrogen-bond donors (Lipinski definition) is 1. The molecular formula is C9H8BrFO3. The van der Waals surface area contributed by atoms with Crippen LogP contribution in [0.4, 0.5) is 4.39 Å². The van der Waals surface area contributed by atoms with E-state index in [-0.39, 0.29) is 22.4 Å². The van der Waals surface area contributed by atoms with Gasteiger partial charge in [-0.05, 0) is 12.1 Å². The minimum Gasteiger partial charge on any atom is -0.504 e. The fourth-order valence-electron chi connectivity index (χ4n) is 1.00. The van der Waals surface area contributed by atoms with Crippen LogP contribution in [0.1, 0.15) is 10.4 Å². The summed E-state index contributed by atoms with van der Waals surface area (Å²) >= 11 is 2.93. The summed E-state index contributed by atoms with van der Waals surface area (Å²) in [5.41, 5.74) is -0.0554. The van der Waals surface area contributed by atoms with Crippen molar-refractivity contribution in [3.8, 4) is 11.5 Å². The number of hydrogen-bond acceptors (Lipinski definition) is 3. The summed E-state index contributed by atoms with van der Waals surface area (Å²) in [6, 6.07) is 2.62. The van der Waals surface area contributed by atoms with Crippen molar-refractivity contribution >= 4 is 21.7 Å². The molecule has 76 valence electrons. The number of phenols is 1. The van der Waals surface area contributed by atoms with Gasteiger partial charge < -0.3 is 9.84 Å². The Bertz CT molecular complexity index is 365. The molecule has 0 aliphatic heterocycles. The predicted molar refractivity (Wildman–Crippen MR) is 52.7 cm³/mol. The summed E-state index contributed by atoms with van der Waals surface area (Å²) in [4.78, 5) is 11.2. The number of carbonyl (C=O) groups is 1. The lowest BCUT2D eigenvalue weighted by Gasteiger charge is -2.06. The van der Waals surface area contributed by atoms with Crippen LogP contribution < -0.4 is 4.74 Å². The van der Waals surface area contributed by atoms with Gasteiger partial charge in [0, 0.05) is 0 Å². The van der Waals surface area contributed by atoms with Crippen molar-refractivity contribution in [2.45, 2.75) is 0 Å². The number of phenolic OH excluding ortho intramolecular Hbond substituents is 1. The first-order valence-electron chi connectivity index (χ1n) is 3.76. The van der Waals surface area contributed by atoms with Gasteiger partial charge in [-0.15, -0.1) is 0 Å². The number of ether oxygens (including phenoxy) is 1. The van der Waals surface area contributed by atoms with Gasteiger partial charge in [0.15, 0.2) is 17.3 Å². The molecule has 0 heterocycles. The number of aromatic hydroxyl groups is 1. The molecule has 14 heavy (non-hydrogen) atoms. The average Bonchev–Trinajstić information content (AvgIpc) is 2.21. The third kappa shape index (κ3) is 1.87. The van der Waals surface area contributed by atoms with E-state index >= 15 is 0 Å². The molecule has 5 heteroatoms. The number of ketones is 1. The summed E-state index contributed by atoms with van der Waals surface area (Å²) < 4.78 is 17.9. The van der Waals surface area contributed by atoms with Gasteiger partial charge in [-0.1, -0.05) is 15.9 Å². The number of carbonyl (C=O) groups excluding carboxylic acids is 1. The summed E-state index contributed by atoms with van der Waals surface area (Å²) in [6.07, 6.45) is 0.